The number of aromatic amines is 1. The van der Waals surface area contributed by atoms with Crippen molar-refractivity contribution in [2.45, 2.75) is 0 Å². The van der Waals surface area contributed by atoms with Gasteiger partial charge in [-0.15, -0.1) is 0 Å². The van der Waals surface area contributed by atoms with E-state index in [2.05, 4.69) is 15.2 Å². The van der Waals surface area contributed by atoms with E-state index in [-0.39, 0.29) is 0 Å². The van der Waals surface area contributed by atoms with Crippen molar-refractivity contribution in [2.24, 2.45) is 0 Å². The first-order valence-corrected chi connectivity index (χ1v) is 5.77. The third-order valence-electron chi connectivity index (χ3n) is 2.91. The number of H-pyrrole nitrogens is 1. The van der Waals surface area contributed by atoms with Gasteiger partial charge in [-0.25, -0.2) is 9.78 Å². The Labute approximate surface area is 109 Å². The quantitative estimate of drug-likeness (QED) is 0.712. The van der Waals surface area contributed by atoms with Crippen molar-refractivity contribution in [2.75, 3.05) is 7.11 Å². The number of rotatable bonds is 2. The molecule has 1 N–H and O–H groups in total. The zero-order chi connectivity index (χ0) is 13.2. The van der Waals surface area contributed by atoms with Crippen molar-refractivity contribution in [1.29, 1.82) is 0 Å². The van der Waals surface area contributed by atoms with Crippen molar-refractivity contribution >= 4 is 17.0 Å². The highest BCUT2D eigenvalue weighted by Gasteiger charge is 2.15. The number of benzene rings is 1. The van der Waals surface area contributed by atoms with E-state index in [9.17, 15) is 4.79 Å². The van der Waals surface area contributed by atoms with Crippen molar-refractivity contribution in [3.63, 3.8) is 0 Å². The predicted molar refractivity (Wildman–Crippen MR) is 70.7 cm³/mol. The maximum atomic E-state index is 11.6. The standard InChI is InChI=1S/C14H11N3O2/c1-19-14(18)12-11-7-10(8-15-13(11)17-16-12)9-5-3-2-4-6-9/h2-8H,1H3,(H,15,16,17). The lowest BCUT2D eigenvalue weighted by Crippen LogP contribution is -2.02. The van der Waals surface area contributed by atoms with Gasteiger partial charge in [-0.05, 0) is 11.6 Å². The van der Waals surface area contributed by atoms with Crippen molar-refractivity contribution < 1.29 is 9.53 Å². The summed E-state index contributed by atoms with van der Waals surface area (Å²) in [6, 6.07) is 11.7. The molecule has 0 unspecified atom stereocenters. The van der Waals surface area contributed by atoms with Gasteiger partial charge in [0, 0.05) is 11.8 Å². The first kappa shape index (κ1) is 11.4. The average molecular weight is 253 g/mol. The lowest BCUT2D eigenvalue weighted by molar-refractivity contribution is 0.0596. The normalized spacial score (nSPS) is 10.6. The molecule has 3 aromatic rings. The first-order valence-electron chi connectivity index (χ1n) is 5.77. The molecule has 2 heterocycles. The number of nitrogens with zero attached hydrogens (tertiary/aromatic N) is 2. The number of hydrogen-bond acceptors (Lipinski definition) is 4. The third kappa shape index (κ3) is 1.95. The van der Waals surface area contributed by atoms with Gasteiger partial charge in [0.25, 0.3) is 0 Å². The molecule has 5 nitrogen and oxygen atoms in total. The lowest BCUT2D eigenvalue weighted by Gasteiger charge is -2.01. The van der Waals surface area contributed by atoms with Gasteiger partial charge in [-0.3, -0.25) is 5.10 Å². The van der Waals surface area contributed by atoms with Crippen LogP contribution in [0.2, 0.25) is 0 Å². The highest BCUT2D eigenvalue weighted by molar-refractivity contribution is 6.01. The van der Waals surface area contributed by atoms with Crippen LogP contribution >= 0.6 is 0 Å². The van der Waals surface area contributed by atoms with Gasteiger partial charge >= 0.3 is 5.97 Å². The SMILES string of the molecule is COC(=O)c1[nH]nc2ncc(-c3ccccc3)cc12. The summed E-state index contributed by atoms with van der Waals surface area (Å²) >= 11 is 0. The fraction of sp³-hybridized carbons (Fsp3) is 0.0714. The number of fused-ring (bicyclic) bond motifs is 1. The average Bonchev–Trinajstić information content (AvgIpc) is 2.90. The van der Waals surface area contributed by atoms with Crippen LogP contribution in [0.1, 0.15) is 10.5 Å². The third-order valence-corrected chi connectivity index (χ3v) is 2.91. The van der Waals surface area contributed by atoms with Crippen LogP contribution in [0, 0.1) is 0 Å². The highest BCUT2D eigenvalue weighted by Crippen LogP contribution is 2.23. The molecule has 5 heteroatoms. The van der Waals surface area contributed by atoms with Crippen LogP contribution in [0.4, 0.5) is 0 Å². The molecule has 0 aliphatic carbocycles. The largest absolute Gasteiger partial charge is 0.464 e. The summed E-state index contributed by atoms with van der Waals surface area (Å²) in [6.45, 7) is 0. The Morgan fingerprint density at radius 3 is 2.74 bits per heavy atom. The number of pyridine rings is 1. The van der Waals surface area contributed by atoms with E-state index in [1.165, 1.54) is 7.11 Å². The molecular formula is C14H11N3O2. The minimum absolute atomic E-state index is 0.322. The summed E-state index contributed by atoms with van der Waals surface area (Å²) in [5.41, 5.74) is 2.79. The van der Waals surface area contributed by atoms with Gasteiger partial charge in [0.2, 0.25) is 0 Å². The van der Waals surface area contributed by atoms with Crippen LogP contribution in [0.3, 0.4) is 0 Å². The second-order valence-corrected chi connectivity index (χ2v) is 4.05. The molecule has 0 aliphatic rings. The fourth-order valence-corrected chi connectivity index (χ4v) is 1.95. The molecule has 0 atom stereocenters. The molecule has 0 saturated heterocycles. The summed E-state index contributed by atoms with van der Waals surface area (Å²) in [6.07, 6.45) is 1.74. The number of methoxy groups -OCH3 is 1. The van der Waals surface area contributed by atoms with E-state index in [4.69, 9.17) is 4.74 Å². The summed E-state index contributed by atoms with van der Waals surface area (Å²) in [4.78, 5) is 15.9. The molecular weight excluding hydrogens is 242 g/mol. The molecule has 2 aromatic heterocycles. The molecule has 19 heavy (non-hydrogen) atoms. The number of carbonyl (C=O) groups excluding carboxylic acids is 1. The van der Waals surface area contributed by atoms with Crippen LogP contribution in [-0.2, 0) is 4.74 Å². The predicted octanol–water partition coefficient (Wildman–Crippen LogP) is 2.41. The number of nitrogens with one attached hydrogen (secondary N) is 1. The molecule has 0 amide bonds. The van der Waals surface area contributed by atoms with Gasteiger partial charge in [-0.2, -0.15) is 5.10 Å². The van der Waals surface area contributed by atoms with Gasteiger partial charge in [0.05, 0.1) is 12.5 Å². The maximum absolute atomic E-state index is 11.6. The number of aromatic nitrogens is 3. The van der Waals surface area contributed by atoms with Crippen molar-refractivity contribution in [1.82, 2.24) is 15.2 Å². The zero-order valence-corrected chi connectivity index (χ0v) is 10.3. The second-order valence-electron chi connectivity index (χ2n) is 4.05. The molecule has 0 bridgehead atoms. The van der Waals surface area contributed by atoms with Crippen molar-refractivity contribution in [3.8, 4) is 11.1 Å². The Kier molecular flexibility index (Phi) is 2.72. The Balaban J connectivity index is 2.17. The van der Waals surface area contributed by atoms with Gasteiger partial charge in [-0.1, -0.05) is 30.3 Å². The fourth-order valence-electron chi connectivity index (χ4n) is 1.95. The monoisotopic (exact) mass is 253 g/mol. The van der Waals surface area contributed by atoms with Crippen LogP contribution in [0.5, 0.6) is 0 Å². The minimum atomic E-state index is -0.450. The highest BCUT2D eigenvalue weighted by atomic mass is 16.5. The van der Waals surface area contributed by atoms with Crippen LogP contribution in [0.15, 0.2) is 42.6 Å². The van der Waals surface area contributed by atoms with Crippen LogP contribution in [-0.4, -0.2) is 28.3 Å². The van der Waals surface area contributed by atoms with E-state index < -0.39 is 5.97 Å². The summed E-state index contributed by atoms with van der Waals surface area (Å²) < 4.78 is 4.71. The van der Waals surface area contributed by atoms with E-state index in [0.717, 1.165) is 11.1 Å². The molecule has 0 radical (unpaired) electrons. The number of esters is 1. The van der Waals surface area contributed by atoms with E-state index in [1.54, 1.807) is 6.20 Å². The molecule has 0 spiro atoms. The molecule has 1 aromatic carbocycles. The zero-order valence-electron chi connectivity index (χ0n) is 10.3. The lowest BCUT2D eigenvalue weighted by atomic mass is 10.1. The number of carbonyl (C=O) groups is 1. The smallest absolute Gasteiger partial charge is 0.356 e. The topological polar surface area (TPSA) is 67.9 Å². The van der Waals surface area contributed by atoms with E-state index in [0.29, 0.717) is 16.7 Å². The van der Waals surface area contributed by atoms with E-state index in [1.807, 2.05) is 36.4 Å². The molecule has 0 aliphatic heterocycles. The van der Waals surface area contributed by atoms with Crippen molar-refractivity contribution in [3.05, 3.63) is 48.3 Å². The summed E-state index contributed by atoms with van der Waals surface area (Å²) in [5.74, 6) is -0.450. The van der Waals surface area contributed by atoms with Gasteiger partial charge < -0.3 is 4.74 Å². The molecule has 0 saturated carbocycles. The summed E-state index contributed by atoms with van der Waals surface area (Å²) in [7, 11) is 1.34. The Bertz CT molecular complexity index is 735. The Morgan fingerprint density at radius 1 is 1.21 bits per heavy atom. The minimum Gasteiger partial charge on any atom is -0.464 e. The molecule has 94 valence electrons. The molecule has 0 fully saturated rings. The Hall–Kier alpha value is -2.69. The van der Waals surface area contributed by atoms with Crippen LogP contribution < -0.4 is 0 Å². The Morgan fingerprint density at radius 2 is 2.00 bits per heavy atom. The number of hydrogen-bond donors (Lipinski definition) is 1. The first-order chi connectivity index (χ1) is 9.29. The number of ether oxygens (including phenoxy) is 1. The summed E-state index contributed by atoms with van der Waals surface area (Å²) in [5, 5.41) is 7.30. The molecule has 3 rings (SSSR count). The van der Waals surface area contributed by atoms with Crippen LogP contribution in [0.25, 0.3) is 22.2 Å². The van der Waals surface area contributed by atoms with Gasteiger partial charge in [0.15, 0.2) is 11.3 Å². The van der Waals surface area contributed by atoms with E-state index >= 15 is 0 Å². The van der Waals surface area contributed by atoms with Gasteiger partial charge in [0.1, 0.15) is 0 Å². The second kappa shape index (κ2) is 4.53. The maximum Gasteiger partial charge on any atom is 0.356 e.